The number of ether oxygens (including phenoxy) is 1. The quantitative estimate of drug-likeness (QED) is 0.688. The Kier molecular flexibility index (Phi) is 3.75. The van der Waals surface area contributed by atoms with Crippen LogP contribution >= 0.6 is 0 Å². The third-order valence-corrected chi connectivity index (χ3v) is 4.09. The molecular weight excluding hydrogens is 214 g/mol. The van der Waals surface area contributed by atoms with E-state index in [0.29, 0.717) is 0 Å². The van der Waals surface area contributed by atoms with E-state index >= 15 is 0 Å². The van der Waals surface area contributed by atoms with E-state index in [2.05, 4.69) is 6.58 Å². The van der Waals surface area contributed by atoms with E-state index in [0.717, 1.165) is 57.2 Å². The number of piperidine rings is 1. The van der Waals surface area contributed by atoms with Crippen LogP contribution in [0.1, 0.15) is 51.9 Å². The average Bonchev–Trinajstić information content (AvgIpc) is 2.80. The summed E-state index contributed by atoms with van der Waals surface area (Å²) in [5, 5.41) is 0. The molecule has 1 saturated heterocycles. The van der Waals surface area contributed by atoms with Crippen LogP contribution in [0.2, 0.25) is 0 Å². The van der Waals surface area contributed by atoms with Gasteiger partial charge >= 0.3 is 6.09 Å². The third-order valence-electron chi connectivity index (χ3n) is 4.09. The number of hydrogen-bond acceptors (Lipinski definition) is 2. The Labute approximate surface area is 104 Å². The van der Waals surface area contributed by atoms with Gasteiger partial charge in [0.1, 0.15) is 5.60 Å². The Morgan fingerprint density at radius 1 is 1.12 bits per heavy atom. The second kappa shape index (κ2) is 5.11. The average molecular weight is 237 g/mol. The number of likely N-dealkylation sites (tertiary alicyclic amines) is 1. The maximum atomic E-state index is 12.1. The minimum Gasteiger partial charge on any atom is -0.438 e. The highest BCUT2D eigenvalue weighted by atomic mass is 16.6. The highest BCUT2D eigenvalue weighted by molar-refractivity contribution is 5.68. The molecular formula is C14H23NO2. The molecule has 1 aliphatic heterocycles. The lowest BCUT2D eigenvalue weighted by atomic mass is 9.94. The van der Waals surface area contributed by atoms with Gasteiger partial charge < -0.3 is 9.64 Å². The van der Waals surface area contributed by atoms with Gasteiger partial charge in [-0.2, -0.15) is 0 Å². The summed E-state index contributed by atoms with van der Waals surface area (Å²) >= 11 is 0. The number of rotatable bonds is 2. The molecule has 0 bridgehead atoms. The molecule has 0 aromatic carbocycles. The molecule has 3 nitrogen and oxygen atoms in total. The van der Waals surface area contributed by atoms with Crippen LogP contribution in [0.5, 0.6) is 0 Å². The van der Waals surface area contributed by atoms with E-state index in [1.165, 1.54) is 6.42 Å². The first-order valence-electron chi connectivity index (χ1n) is 6.78. The van der Waals surface area contributed by atoms with E-state index in [9.17, 15) is 4.79 Å². The summed E-state index contributed by atoms with van der Waals surface area (Å²) < 4.78 is 5.79. The summed E-state index contributed by atoms with van der Waals surface area (Å²) in [6.07, 6.45) is 7.48. The summed E-state index contributed by atoms with van der Waals surface area (Å²) in [6, 6.07) is 0. The molecule has 96 valence electrons. The Morgan fingerprint density at radius 2 is 1.71 bits per heavy atom. The van der Waals surface area contributed by atoms with E-state index in [4.69, 9.17) is 4.74 Å². The normalized spacial score (nSPS) is 23.5. The molecule has 0 unspecified atom stereocenters. The first-order chi connectivity index (χ1) is 8.14. The second-order valence-corrected chi connectivity index (χ2v) is 5.40. The second-order valence-electron chi connectivity index (χ2n) is 5.40. The Morgan fingerprint density at radius 3 is 2.24 bits per heavy atom. The van der Waals surface area contributed by atoms with Crippen LogP contribution in [0.15, 0.2) is 12.2 Å². The van der Waals surface area contributed by atoms with E-state index in [1.807, 2.05) is 11.8 Å². The molecule has 2 rings (SSSR count). The fourth-order valence-electron chi connectivity index (χ4n) is 2.87. The molecule has 1 amide bonds. The predicted molar refractivity (Wildman–Crippen MR) is 67.9 cm³/mol. The van der Waals surface area contributed by atoms with Gasteiger partial charge in [-0.1, -0.05) is 6.58 Å². The maximum Gasteiger partial charge on any atom is 0.410 e. The minimum absolute atomic E-state index is 0.130. The van der Waals surface area contributed by atoms with Crippen molar-refractivity contribution < 1.29 is 9.53 Å². The van der Waals surface area contributed by atoms with Gasteiger partial charge in [-0.15, -0.1) is 0 Å². The fourth-order valence-corrected chi connectivity index (χ4v) is 2.87. The van der Waals surface area contributed by atoms with E-state index in [1.54, 1.807) is 0 Å². The van der Waals surface area contributed by atoms with E-state index < -0.39 is 0 Å². The van der Waals surface area contributed by atoms with Crippen molar-refractivity contribution in [3.63, 3.8) is 0 Å². The van der Waals surface area contributed by atoms with Crippen LogP contribution in [0, 0.1) is 0 Å². The molecule has 0 aromatic heterocycles. The van der Waals surface area contributed by atoms with Crippen molar-refractivity contribution in [2.75, 3.05) is 13.1 Å². The van der Waals surface area contributed by atoms with Crippen molar-refractivity contribution in [3.8, 4) is 0 Å². The highest BCUT2D eigenvalue weighted by Crippen LogP contribution is 2.39. The molecule has 0 atom stereocenters. The number of amides is 1. The summed E-state index contributed by atoms with van der Waals surface area (Å²) in [5.74, 6) is 0. The molecule has 0 N–H and O–H groups in total. The van der Waals surface area contributed by atoms with Crippen LogP contribution in [0.25, 0.3) is 0 Å². The van der Waals surface area contributed by atoms with Crippen molar-refractivity contribution >= 4 is 6.09 Å². The molecule has 2 fully saturated rings. The van der Waals surface area contributed by atoms with Gasteiger partial charge in [0.05, 0.1) is 0 Å². The third kappa shape index (κ3) is 2.64. The molecule has 1 aliphatic carbocycles. The van der Waals surface area contributed by atoms with E-state index in [-0.39, 0.29) is 11.7 Å². The molecule has 1 saturated carbocycles. The lowest BCUT2D eigenvalue weighted by Crippen LogP contribution is -2.42. The van der Waals surface area contributed by atoms with Gasteiger partial charge in [-0.05, 0) is 57.4 Å². The lowest BCUT2D eigenvalue weighted by Gasteiger charge is -2.34. The van der Waals surface area contributed by atoms with Gasteiger partial charge in [0, 0.05) is 13.1 Å². The van der Waals surface area contributed by atoms with Crippen LogP contribution in [0.4, 0.5) is 4.79 Å². The van der Waals surface area contributed by atoms with Crippen LogP contribution in [0.3, 0.4) is 0 Å². The van der Waals surface area contributed by atoms with Gasteiger partial charge in [0.2, 0.25) is 0 Å². The molecule has 17 heavy (non-hydrogen) atoms. The molecule has 1 heterocycles. The van der Waals surface area contributed by atoms with Gasteiger partial charge in [-0.25, -0.2) is 4.79 Å². The largest absolute Gasteiger partial charge is 0.438 e. The first-order valence-corrected chi connectivity index (χ1v) is 6.78. The zero-order chi connectivity index (χ0) is 12.3. The summed E-state index contributed by atoms with van der Waals surface area (Å²) in [5.41, 5.74) is 0.634. The number of hydrogen-bond donors (Lipinski definition) is 0. The Hall–Kier alpha value is -0.990. The first kappa shape index (κ1) is 12.5. The maximum absolute atomic E-state index is 12.1. The number of carbonyl (C=O) groups excluding carboxylic acids is 1. The zero-order valence-corrected chi connectivity index (χ0v) is 10.8. The minimum atomic E-state index is -0.367. The molecule has 0 aromatic rings. The van der Waals surface area contributed by atoms with Crippen molar-refractivity contribution in [3.05, 3.63) is 12.2 Å². The summed E-state index contributed by atoms with van der Waals surface area (Å²) in [7, 11) is 0. The Balaban J connectivity index is 1.98. The fraction of sp³-hybridized carbons (Fsp3) is 0.786. The van der Waals surface area contributed by atoms with Crippen molar-refractivity contribution in [2.45, 2.75) is 57.5 Å². The van der Waals surface area contributed by atoms with Crippen LogP contribution in [-0.4, -0.2) is 29.7 Å². The van der Waals surface area contributed by atoms with Gasteiger partial charge in [-0.3, -0.25) is 0 Å². The van der Waals surface area contributed by atoms with Crippen LogP contribution in [-0.2, 0) is 4.74 Å². The summed E-state index contributed by atoms with van der Waals surface area (Å²) in [4.78, 5) is 14.0. The predicted octanol–water partition coefficient (Wildman–Crippen LogP) is 3.50. The number of carbonyl (C=O) groups is 1. The number of nitrogens with zero attached hydrogens (tertiary/aromatic N) is 1. The molecule has 0 radical (unpaired) electrons. The van der Waals surface area contributed by atoms with Crippen molar-refractivity contribution in [1.29, 1.82) is 0 Å². The smallest absolute Gasteiger partial charge is 0.410 e. The topological polar surface area (TPSA) is 29.5 Å². The molecule has 0 spiro atoms. The van der Waals surface area contributed by atoms with Crippen molar-refractivity contribution in [1.82, 2.24) is 4.90 Å². The van der Waals surface area contributed by atoms with Gasteiger partial charge in [0.25, 0.3) is 0 Å². The Bertz CT molecular complexity index is 299. The van der Waals surface area contributed by atoms with Gasteiger partial charge in [0.15, 0.2) is 0 Å². The zero-order valence-electron chi connectivity index (χ0n) is 10.8. The SMILES string of the molecule is C=C(C)C1(OC(=O)N2CCCCC2)CCCC1. The lowest BCUT2D eigenvalue weighted by molar-refractivity contribution is 0.0144. The monoisotopic (exact) mass is 237 g/mol. The highest BCUT2D eigenvalue weighted by Gasteiger charge is 2.39. The van der Waals surface area contributed by atoms with Crippen molar-refractivity contribution in [2.24, 2.45) is 0 Å². The van der Waals surface area contributed by atoms with Crippen LogP contribution < -0.4 is 0 Å². The standard InChI is InChI=1S/C14H23NO2/c1-12(2)14(8-4-5-9-14)17-13(16)15-10-6-3-7-11-15/h1,3-11H2,2H3. The summed E-state index contributed by atoms with van der Waals surface area (Å²) in [6.45, 7) is 7.70. The molecule has 3 heteroatoms. The molecule has 2 aliphatic rings.